The van der Waals surface area contributed by atoms with E-state index < -0.39 is 0 Å². The number of hydrogen-bond donors (Lipinski definition) is 1. The quantitative estimate of drug-likeness (QED) is 0.366. The highest BCUT2D eigenvalue weighted by Gasteiger charge is 2.26. The van der Waals surface area contributed by atoms with E-state index in [1.54, 1.807) is 0 Å². The lowest BCUT2D eigenvalue weighted by atomic mass is 10.0. The molecule has 1 unspecified atom stereocenters. The Bertz CT molecular complexity index is 865. The lowest BCUT2D eigenvalue weighted by molar-refractivity contribution is 0.485. The van der Waals surface area contributed by atoms with E-state index in [1.165, 1.54) is 5.56 Å². The highest BCUT2D eigenvalue weighted by Crippen LogP contribution is 2.26. The molecule has 0 aliphatic carbocycles. The number of aromatic nitrogens is 4. The third-order valence-electron chi connectivity index (χ3n) is 4.74. The predicted molar refractivity (Wildman–Crippen MR) is 113 cm³/mol. The third kappa shape index (κ3) is 3.84. The predicted octanol–water partition coefficient (Wildman–Crippen LogP) is 2.25. The van der Waals surface area contributed by atoms with Crippen LogP contribution in [0.1, 0.15) is 23.6 Å². The molecule has 3 aromatic rings. The fourth-order valence-electron chi connectivity index (χ4n) is 3.45. The molecule has 0 amide bonds. The summed E-state index contributed by atoms with van der Waals surface area (Å²) >= 11 is 0. The van der Waals surface area contributed by atoms with Gasteiger partial charge in [-0.2, -0.15) is 5.10 Å². The van der Waals surface area contributed by atoms with E-state index in [-0.39, 0.29) is 24.0 Å². The first-order valence-electron chi connectivity index (χ1n) is 8.59. The third-order valence-corrected chi connectivity index (χ3v) is 4.74. The summed E-state index contributed by atoms with van der Waals surface area (Å²) in [5.41, 5.74) is 3.28. The van der Waals surface area contributed by atoms with Crippen LogP contribution in [0.4, 0.5) is 0 Å². The average Bonchev–Trinajstić information content (AvgIpc) is 3.34. The summed E-state index contributed by atoms with van der Waals surface area (Å²) < 4.78 is 3.91. The standard InChI is InChI=1S/C18H23N7.HI/c1-19-18(20-10-16-13-24-7-4-3-5-17(24)22-16)25-8-6-14(12-25)15-9-21-23(2)11-15;/h3-5,7,9,11,13-14H,6,8,10,12H2,1-2H3,(H,19,20);1H. The largest absolute Gasteiger partial charge is 0.351 e. The number of aliphatic imine (C=N–C) groups is 1. The van der Waals surface area contributed by atoms with Gasteiger partial charge in [-0.3, -0.25) is 9.67 Å². The van der Waals surface area contributed by atoms with Gasteiger partial charge in [0.15, 0.2) is 5.96 Å². The summed E-state index contributed by atoms with van der Waals surface area (Å²) in [6.07, 6.45) is 9.28. The lowest BCUT2D eigenvalue weighted by Crippen LogP contribution is -2.39. The molecular formula is C18H24IN7. The first kappa shape index (κ1) is 18.7. The van der Waals surface area contributed by atoms with Crippen LogP contribution in [0.3, 0.4) is 0 Å². The molecule has 1 fully saturated rings. The van der Waals surface area contributed by atoms with Crippen molar-refractivity contribution in [3.05, 3.63) is 54.2 Å². The van der Waals surface area contributed by atoms with E-state index in [4.69, 9.17) is 0 Å². The second kappa shape index (κ2) is 8.07. The number of rotatable bonds is 3. The van der Waals surface area contributed by atoms with Crippen LogP contribution in [0, 0.1) is 0 Å². The Morgan fingerprint density at radius 1 is 1.35 bits per heavy atom. The topological polar surface area (TPSA) is 62.8 Å². The summed E-state index contributed by atoms with van der Waals surface area (Å²) in [7, 11) is 3.80. The molecule has 1 saturated heterocycles. The van der Waals surface area contributed by atoms with Gasteiger partial charge in [0.25, 0.3) is 0 Å². The van der Waals surface area contributed by atoms with Crippen LogP contribution in [-0.2, 0) is 13.6 Å². The Labute approximate surface area is 170 Å². The fourth-order valence-corrected chi connectivity index (χ4v) is 3.45. The van der Waals surface area contributed by atoms with Crippen molar-refractivity contribution < 1.29 is 0 Å². The number of pyridine rings is 1. The molecule has 1 atom stereocenters. The summed E-state index contributed by atoms with van der Waals surface area (Å²) in [4.78, 5) is 11.4. The van der Waals surface area contributed by atoms with Crippen LogP contribution in [0.25, 0.3) is 5.65 Å². The van der Waals surface area contributed by atoms with Crippen LogP contribution >= 0.6 is 24.0 Å². The molecule has 26 heavy (non-hydrogen) atoms. The molecule has 8 heteroatoms. The summed E-state index contributed by atoms with van der Waals surface area (Å²) in [6, 6.07) is 6.02. The molecular weight excluding hydrogens is 441 g/mol. The number of imidazole rings is 1. The molecule has 0 radical (unpaired) electrons. The minimum Gasteiger partial charge on any atom is -0.351 e. The fraction of sp³-hybridized carbons (Fsp3) is 0.389. The van der Waals surface area contributed by atoms with Gasteiger partial charge in [-0.1, -0.05) is 6.07 Å². The number of halogens is 1. The summed E-state index contributed by atoms with van der Waals surface area (Å²) in [6.45, 7) is 2.64. The average molecular weight is 465 g/mol. The highest BCUT2D eigenvalue weighted by molar-refractivity contribution is 14.0. The van der Waals surface area contributed by atoms with Gasteiger partial charge in [-0.15, -0.1) is 24.0 Å². The lowest BCUT2D eigenvalue weighted by Gasteiger charge is -2.21. The minimum atomic E-state index is 0. The number of nitrogens with one attached hydrogen (secondary N) is 1. The maximum atomic E-state index is 4.63. The molecule has 4 rings (SSSR count). The molecule has 0 bridgehead atoms. The van der Waals surface area contributed by atoms with Crippen molar-refractivity contribution in [2.45, 2.75) is 18.9 Å². The van der Waals surface area contributed by atoms with Crippen molar-refractivity contribution in [2.24, 2.45) is 12.0 Å². The van der Waals surface area contributed by atoms with Crippen molar-refractivity contribution in [2.75, 3.05) is 20.1 Å². The Morgan fingerprint density at radius 3 is 2.96 bits per heavy atom. The van der Waals surface area contributed by atoms with Gasteiger partial charge >= 0.3 is 0 Å². The van der Waals surface area contributed by atoms with Gasteiger partial charge in [-0.25, -0.2) is 4.98 Å². The van der Waals surface area contributed by atoms with Crippen LogP contribution in [-0.4, -0.2) is 50.2 Å². The molecule has 1 aliphatic rings. The van der Waals surface area contributed by atoms with Crippen molar-refractivity contribution in [1.29, 1.82) is 0 Å². The van der Waals surface area contributed by atoms with Gasteiger partial charge in [-0.05, 0) is 24.1 Å². The monoisotopic (exact) mass is 465 g/mol. The number of aryl methyl sites for hydroxylation is 1. The Kier molecular flexibility index (Phi) is 5.80. The Balaban J connectivity index is 0.00000196. The summed E-state index contributed by atoms with van der Waals surface area (Å²) in [5.74, 6) is 1.45. The molecule has 0 aromatic carbocycles. The van der Waals surface area contributed by atoms with E-state index in [9.17, 15) is 0 Å². The van der Waals surface area contributed by atoms with E-state index in [1.807, 2.05) is 53.8 Å². The van der Waals surface area contributed by atoms with Gasteiger partial charge in [0.2, 0.25) is 0 Å². The van der Waals surface area contributed by atoms with E-state index >= 15 is 0 Å². The first-order valence-corrected chi connectivity index (χ1v) is 8.59. The van der Waals surface area contributed by atoms with Gasteiger partial charge < -0.3 is 14.6 Å². The van der Waals surface area contributed by atoms with Crippen LogP contribution < -0.4 is 5.32 Å². The first-order chi connectivity index (χ1) is 12.2. The SMILES string of the molecule is CN=C(NCc1cn2ccccc2n1)N1CCC(c2cnn(C)c2)C1.I. The smallest absolute Gasteiger partial charge is 0.193 e. The van der Waals surface area contributed by atoms with E-state index in [0.29, 0.717) is 12.5 Å². The molecule has 4 heterocycles. The number of guanidine groups is 1. The van der Waals surface area contributed by atoms with Crippen LogP contribution in [0.2, 0.25) is 0 Å². The number of likely N-dealkylation sites (tertiary alicyclic amines) is 1. The molecule has 7 nitrogen and oxygen atoms in total. The number of nitrogens with zero attached hydrogens (tertiary/aromatic N) is 6. The summed E-state index contributed by atoms with van der Waals surface area (Å²) in [5, 5.41) is 7.73. The van der Waals surface area contributed by atoms with E-state index in [2.05, 4.69) is 37.7 Å². The zero-order valence-corrected chi connectivity index (χ0v) is 17.4. The van der Waals surface area contributed by atoms with Crippen LogP contribution in [0.5, 0.6) is 0 Å². The van der Waals surface area contributed by atoms with E-state index in [0.717, 1.165) is 36.8 Å². The zero-order chi connectivity index (χ0) is 17.2. The van der Waals surface area contributed by atoms with Crippen molar-refractivity contribution >= 4 is 35.6 Å². The normalized spacial score (nSPS) is 17.5. The van der Waals surface area contributed by atoms with Crippen molar-refractivity contribution in [3.63, 3.8) is 0 Å². The van der Waals surface area contributed by atoms with Crippen molar-refractivity contribution in [3.8, 4) is 0 Å². The van der Waals surface area contributed by atoms with Gasteiger partial charge in [0.05, 0.1) is 18.4 Å². The molecule has 1 N–H and O–H groups in total. The van der Waals surface area contributed by atoms with Crippen molar-refractivity contribution in [1.82, 2.24) is 29.4 Å². The Morgan fingerprint density at radius 2 is 2.23 bits per heavy atom. The molecule has 0 saturated carbocycles. The molecule has 3 aromatic heterocycles. The molecule has 0 spiro atoms. The van der Waals surface area contributed by atoms with Crippen LogP contribution in [0.15, 0.2) is 48.0 Å². The molecule has 138 valence electrons. The zero-order valence-electron chi connectivity index (χ0n) is 15.0. The number of hydrogen-bond acceptors (Lipinski definition) is 3. The maximum Gasteiger partial charge on any atom is 0.193 e. The highest BCUT2D eigenvalue weighted by atomic mass is 127. The maximum absolute atomic E-state index is 4.63. The molecule has 1 aliphatic heterocycles. The Hall–Kier alpha value is -2.10. The second-order valence-electron chi connectivity index (χ2n) is 6.48. The van der Waals surface area contributed by atoms with Gasteiger partial charge in [0, 0.05) is 51.7 Å². The number of fused-ring (bicyclic) bond motifs is 1. The second-order valence-corrected chi connectivity index (χ2v) is 6.48. The van der Waals surface area contributed by atoms with Gasteiger partial charge in [0.1, 0.15) is 5.65 Å². The minimum absolute atomic E-state index is 0.